The number of likely N-dealkylation sites (tertiary alicyclic amines) is 1. The fourth-order valence-corrected chi connectivity index (χ4v) is 4.17. The molecule has 26 heavy (non-hydrogen) atoms. The fourth-order valence-electron chi connectivity index (χ4n) is 3.68. The smallest absolute Gasteiger partial charge is 0.228 e. The van der Waals surface area contributed by atoms with E-state index in [0.29, 0.717) is 61.3 Å². The number of nitrogens with zero attached hydrogens (tertiary/aromatic N) is 1. The molecular weight excluding hydrogens is 379 g/mol. The van der Waals surface area contributed by atoms with Crippen LogP contribution in [0.15, 0.2) is 18.2 Å². The molecule has 0 aromatic heterocycles. The second-order valence-electron chi connectivity index (χ2n) is 6.97. The Morgan fingerprint density at radius 2 is 1.69 bits per heavy atom. The minimum atomic E-state index is -0.502. The van der Waals surface area contributed by atoms with Gasteiger partial charge in [-0.05, 0) is 18.6 Å². The van der Waals surface area contributed by atoms with Gasteiger partial charge in [-0.15, -0.1) is 0 Å². The van der Waals surface area contributed by atoms with Crippen molar-refractivity contribution in [3.63, 3.8) is 0 Å². The van der Waals surface area contributed by atoms with Gasteiger partial charge in [-0.1, -0.05) is 29.3 Å². The maximum absolute atomic E-state index is 12.7. The number of piperidine rings is 1. The highest BCUT2D eigenvalue weighted by Crippen LogP contribution is 2.43. The summed E-state index contributed by atoms with van der Waals surface area (Å²) < 4.78 is 11.4. The average Bonchev–Trinajstić information content (AvgIpc) is 3.32. The van der Waals surface area contributed by atoms with Crippen molar-refractivity contribution in [2.45, 2.75) is 25.0 Å². The standard InChI is InChI=1S/C18H20Cl2N2O4/c19-13-2-1-3-14(20)15(13)21-16(23)11-10-12(11)17(24)22-6-4-18(5-7-22)25-8-9-26-18/h1-3,11-12H,4-10H2,(H,21,23). The third-order valence-corrected chi connectivity index (χ3v) is 5.94. The van der Waals surface area contributed by atoms with Gasteiger partial charge in [0.2, 0.25) is 11.8 Å². The molecule has 1 saturated carbocycles. The summed E-state index contributed by atoms with van der Waals surface area (Å²) in [6, 6.07) is 5.04. The first-order chi connectivity index (χ1) is 12.5. The first-order valence-electron chi connectivity index (χ1n) is 8.81. The number of halogens is 2. The van der Waals surface area contributed by atoms with Crippen LogP contribution in [-0.4, -0.2) is 48.8 Å². The first kappa shape index (κ1) is 18.0. The summed E-state index contributed by atoms with van der Waals surface area (Å²) in [6.07, 6.45) is 1.91. The van der Waals surface area contributed by atoms with E-state index < -0.39 is 5.79 Å². The Kier molecular flexibility index (Phi) is 4.86. The van der Waals surface area contributed by atoms with Crippen LogP contribution in [0.2, 0.25) is 10.0 Å². The molecule has 0 radical (unpaired) electrons. The molecule has 4 rings (SSSR count). The predicted octanol–water partition coefficient (Wildman–Crippen LogP) is 2.93. The minimum absolute atomic E-state index is 0.0308. The van der Waals surface area contributed by atoms with Crippen molar-refractivity contribution < 1.29 is 19.1 Å². The molecule has 2 saturated heterocycles. The van der Waals surface area contributed by atoms with Gasteiger partial charge in [-0.25, -0.2) is 0 Å². The van der Waals surface area contributed by atoms with Crippen molar-refractivity contribution in [1.82, 2.24) is 4.90 Å². The van der Waals surface area contributed by atoms with Crippen LogP contribution in [0, 0.1) is 11.8 Å². The molecule has 2 amide bonds. The van der Waals surface area contributed by atoms with Crippen LogP contribution < -0.4 is 5.32 Å². The zero-order valence-corrected chi connectivity index (χ0v) is 15.7. The molecule has 3 aliphatic rings. The summed E-state index contributed by atoms with van der Waals surface area (Å²) in [5.74, 6) is -1.28. The Bertz CT molecular complexity index is 706. The molecule has 1 aromatic carbocycles. The van der Waals surface area contributed by atoms with E-state index in [1.54, 1.807) is 18.2 Å². The Morgan fingerprint density at radius 1 is 1.08 bits per heavy atom. The molecule has 2 unspecified atom stereocenters. The third kappa shape index (κ3) is 3.43. The van der Waals surface area contributed by atoms with Crippen LogP contribution in [-0.2, 0) is 19.1 Å². The molecule has 1 aromatic rings. The monoisotopic (exact) mass is 398 g/mol. The van der Waals surface area contributed by atoms with Gasteiger partial charge < -0.3 is 19.7 Å². The number of nitrogens with one attached hydrogen (secondary N) is 1. The lowest BCUT2D eigenvalue weighted by Gasteiger charge is -2.37. The van der Waals surface area contributed by atoms with E-state index in [9.17, 15) is 9.59 Å². The second kappa shape index (κ2) is 7.00. The first-order valence-corrected chi connectivity index (χ1v) is 9.56. The molecule has 2 heterocycles. The van der Waals surface area contributed by atoms with Gasteiger partial charge in [0, 0.05) is 25.9 Å². The van der Waals surface area contributed by atoms with Crippen molar-refractivity contribution in [1.29, 1.82) is 0 Å². The molecule has 2 aliphatic heterocycles. The number of ether oxygens (including phenoxy) is 2. The van der Waals surface area contributed by atoms with E-state index in [0.717, 1.165) is 0 Å². The van der Waals surface area contributed by atoms with E-state index in [1.807, 2.05) is 4.90 Å². The van der Waals surface area contributed by atoms with Crippen LogP contribution in [0.4, 0.5) is 5.69 Å². The minimum Gasteiger partial charge on any atom is -0.347 e. The number of carbonyl (C=O) groups excluding carboxylic acids is 2. The van der Waals surface area contributed by atoms with Gasteiger partial charge in [-0.2, -0.15) is 0 Å². The van der Waals surface area contributed by atoms with Crippen molar-refractivity contribution in [3.8, 4) is 0 Å². The van der Waals surface area contributed by atoms with Crippen LogP contribution in [0.25, 0.3) is 0 Å². The second-order valence-corrected chi connectivity index (χ2v) is 7.78. The Hall–Kier alpha value is -1.34. The number of carbonyl (C=O) groups is 2. The molecule has 2 atom stereocenters. The van der Waals surface area contributed by atoms with Crippen LogP contribution in [0.3, 0.4) is 0 Å². The summed E-state index contributed by atoms with van der Waals surface area (Å²) in [5.41, 5.74) is 0.398. The molecule has 3 fully saturated rings. The zero-order chi connectivity index (χ0) is 18.3. The highest BCUT2D eigenvalue weighted by molar-refractivity contribution is 6.39. The van der Waals surface area contributed by atoms with E-state index in [2.05, 4.69) is 5.32 Å². The van der Waals surface area contributed by atoms with Crippen molar-refractivity contribution in [2.75, 3.05) is 31.6 Å². The molecule has 6 nitrogen and oxygen atoms in total. The number of anilines is 1. The summed E-state index contributed by atoms with van der Waals surface area (Å²) >= 11 is 12.2. The van der Waals surface area contributed by atoms with E-state index >= 15 is 0 Å². The normalized spacial score (nSPS) is 26.8. The molecule has 1 aliphatic carbocycles. The van der Waals surface area contributed by atoms with Gasteiger partial charge in [0.1, 0.15) is 0 Å². The number of hydrogen-bond acceptors (Lipinski definition) is 4. The molecule has 0 bridgehead atoms. The Morgan fingerprint density at radius 3 is 2.31 bits per heavy atom. The Labute approximate surface area is 161 Å². The summed E-state index contributed by atoms with van der Waals surface area (Å²) in [7, 11) is 0. The van der Waals surface area contributed by atoms with Crippen LogP contribution in [0.1, 0.15) is 19.3 Å². The number of rotatable bonds is 3. The average molecular weight is 399 g/mol. The summed E-state index contributed by atoms with van der Waals surface area (Å²) in [4.78, 5) is 26.9. The van der Waals surface area contributed by atoms with Gasteiger partial charge >= 0.3 is 0 Å². The largest absolute Gasteiger partial charge is 0.347 e. The third-order valence-electron chi connectivity index (χ3n) is 5.31. The molecule has 1 spiro atoms. The van der Waals surface area contributed by atoms with Crippen molar-refractivity contribution in [2.24, 2.45) is 11.8 Å². The van der Waals surface area contributed by atoms with Gasteiger partial charge in [0.25, 0.3) is 0 Å². The lowest BCUT2D eigenvalue weighted by molar-refractivity contribution is -0.187. The van der Waals surface area contributed by atoms with Crippen LogP contribution >= 0.6 is 23.2 Å². The van der Waals surface area contributed by atoms with E-state index in [-0.39, 0.29) is 23.7 Å². The predicted molar refractivity (Wildman–Crippen MR) is 97.1 cm³/mol. The van der Waals surface area contributed by atoms with Crippen molar-refractivity contribution in [3.05, 3.63) is 28.2 Å². The zero-order valence-electron chi connectivity index (χ0n) is 14.2. The molecule has 8 heteroatoms. The topological polar surface area (TPSA) is 67.9 Å². The number of para-hydroxylation sites is 1. The summed E-state index contributed by atoms with van der Waals surface area (Å²) in [5, 5.41) is 3.52. The molecule has 140 valence electrons. The fraction of sp³-hybridized carbons (Fsp3) is 0.556. The maximum Gasteiger partial charge on any atom is 0.228 e. The quantitative estimate of drug-likeness (QED) is 0.849. The lowest BCUT2D eigenvalue weighted by Crippen LogP contribution is -2.48. The van der Waals surface area contributed by atoms with E-state index in [4.69, 9.17) is 32.7 Å². The number of hydrogen-bond donors (Lipinski definition) is 1. The maximum atomic E-state index is 12.7. The number of amides is 2. The molecular formula is C18H20Cl2N2O4. The highest BCUT2D eigenvalue weighted by atomic mass is 35.5. The number of benzene rings is 1. The Balaban J connectivity index is 1.32. The van der Waals surface area contributed by atoms with E-state index in [1.165, 1.54) is 0 Å². The van der Waals surface area contributed by atoms with Gasteiger partial charge in [0.05, 0.1) is 40.8 Å². The SMILES string of the molecule is O=C(Nc1c(Cl)cccc1Cl)C1CC1C(=O)N1CCC2(CC1)OCCO2. The van der Waals surface area contributed by atoms with Crippen LogP contribution in [0.5, 0.6) is 0 Å². The molecule has 1 N–H and O–H groups in total. The van der Waals surface area contributed by atoms with Gasteiger partial charge in [-0.3, -0.25) is 9.59 Å². The van der Waals surface area contributed by atoms with Gasteiger partial charge in [0.15, 0.2) is 5.79 Å². The highest BCUT2D eigenvalue weighted by Gasteiger charge is 2.51. The van der Waals surface area contributed by atoms with Crippen molar-refractivity contribution >= 4 is 40.7 Å². The summed E-state index contributed by atoms with van der Waals surface area (Å²) in [6.45, 7) is 2.42. The lowest BCUT2D eigenvalue weighted by atomic mass is 10.0.